The van der Waals surface area contributed by atoms with Crippen LogP contribution in [0, 0.1) is 5.82 Å². The Bertz CT molecular complexity index is 1010. The van der Waals surface area contributed by atoms with Crippen LogP contribution in [0.3, 0.4) is 0 Å². The van der Waals surface area contributed by atoms with Crippen molar-refractivity contribution in [1.29, 1.82) is 0 Å². The van der Waals surface area contributed by atoms with Crippen molar-refractivity contribution < 1.29 is 9.18 Å². The number of amides is 1. The molecule has 2 aromatic carbocycles. The van der Waals surface area contributed by atoms with E-state index < -0.39 is 0 Å². The number of guanidine groups is 1. The minimum atomic E-state index is -0.290. The third kappa shape index (κ3) is 6.40. The Morgan fingerprint density at radius 2 is 1.84 bits per heavy atom. The van der Waals surface area contributed by atoms with Gasteiger partial charge in [-0.15, -0.1) is 0 Å². The van der Waals surface area contributed by atoms with Crippen molar-refractivity contribution in [2.24, 2.45) is 4.99 Å². The number of hydrogen-bond acceptors (Lipinski definition) is 3. The zero-order chi connectivity index (χ0) is 22.2. The number of aliphatic imine (C=N–C) groups is 1. The number of likely N-dealkylation sites (N-methyl/N-ethyl adjacent to an activating group) is 1. The normalized spacial score (nSPS) is 12.3. The molecule has 2 N–H and O–H groups in total. The fourth-order valence-corrected chi connectivity index (χ4v) is 2.84. The summed E-state index contributed by atoms with van der Waals surface area (Å²) in [5.74, 6) is 0.174. The highest BCUT2D eigenvalue weighted by molar-refractivity contribution is 5.86. The van der Waals surface area contributed by atoms with Gasteiger partial charge in [-0.05, 0) is 42.8 Å². The number of halogens is 1. The lowest BCUT2D eigenvalue weighted by Gasteiger charge is -2.19. The number of carbonyl (C=O) groups excluding carboxylic acids is 1. The molecule has 0 saturated heterocycles. The zero-order valence-corrected chi connectivity index (χ0v) is 17.9. The average Bonchev–Trinajstić information content (AvgIpc) is 3.25. The van der Waals surface area contributed by atoms with Crippen molar-refractivity contribution in [2.75, 3.05) is 20.6 Å². The van der Waals surface area contributed by atoms with Gasteiger partial charge in [0.2, 0.25) is 5.91 Å². The Morgan fingerprint density at radius 1 is 1.13 bits per heavy atom. The van der Waals surface area contributed by atoms with Gasteiger partial charge in [0.05, 0.1) is 30.5 Å². The molecular formula is C23H27FN6O. The molecule has 0 fully saturated rings. The summed E-state index contributed by atoms with van der Waals surface area (Å²) in [4.78, 5) is 18.1. The van der Waals surface area contributed by atoms with Crippen molar-refractivity contribution in [2.45, 2.75) is 19.5 Å². The number of hydrogen-bond donors (Lipinski definition) is 2. The minimum absolute atomic E-state index is 0.00122. The van der Waals surface area contributed by atoms with E-state index in [4.69, 9.17) is 0 Å². The molecule has 0 spiro atoms. The van der Waals surface area contributed by atoms with Gasteiger partial charge in [-0.1, -0.05) is 30.3 Å². The van der Waals surface area contributed by atoms with Gasteiger partial charge in [0.25, 0.3) is 0 Å². The van der Waals surface area contributed by atoms with Crippen LogP contribution >= 0.6 is 0 Å². The predicted octanol–water partition coefficient (Wildman–Crippen LogP) is 2.90. The maximum Gasteiger partial charge on any atom is 0.241 e. The average molecular weight is 423 g/mol. The largest absolute Gasteiger partial charge is 0.350 e. The smallest absolute Gasteiger partial charge is 0.241 e. The molecule has 3 rings (SSSR count). The molecule has 31 heavy (non-hydrogen) atoms. The van der Waals surface area contributed by atoms with Gasteiger partial charge < -0.3 is 15.5 Å². The van der Waals surface area contributed by atoms with Crippen LogP contribution in [-0.4, -0.2) is 47.2 Å². The van der Waals surface area contributed by atoms with Gasteiger partial charge in [0.15, 0.2) is 5.96 Å². The molecule has 0 radical (unpaired) electrons. The second kappa shape index (κ2) is 10.4. The number of nitrogens with zero attached hydrogens (tertiary/aromatic N) is 4. The summed E-state index contributed by atoms with van der Waals surface area (Å²) in [6.45, 7) is 2.48. The van der Waals surface area contributed by atoms with E-state index in [1.807, 2.05) is 43.3 Å². The zero-order valence-electron chi connectivity index (χ0n) is 17.9. The van der Waals surface area contributed by atoms with E-state index in [1.165, 1.54) is 17.0 Å². The van der Waals surface area contributed by atoms with Crippen LogP contribution in [-0.2, 0) is 11.3 Å². The lowest BCUT2D eigenvalue weighted by atomic mass is 10.1. The molecule has 1 unspecified atom stereocenters. The van der Waals surface area contributed by atoms with Crippen LogP contribution < -0.4 is 10.6 Å². The van der Waals surface area contributed by atoms with Gasteiger partial charge in [-0.25, -0.2) is 14.1 Å². The Hall–Kier alpha value is -3.68. The Morgan fingerprint density at radius 3 is 2.52 bits per heavy atom. The molecule has 0 aliphatic heterocycles. The first kappa shape index (κ1) is 22.0. The molecule has 1 atom stereocenters. The number of benzene rings is 2. The van der Waals surface area contributed by atoms with E-state index in [0.29, 0.717) is 12.5 Å². The molecule has 1 heterocycles. The molecule has 0 aliphatic rings. The van der Waals surface area contributed by atoms with Gasteiger partial charge in [0, 0.05) is 20.3 Å². The maximum absolute atomic E-state index is 13.1. The van der Waals surface area contributed by atoms with Crippen molar-refractivity contribution in [3.05, 3.63) is 83.9 Å². The summed E-state index contributed by atoms with van der Waals surface area (Å²) < 4.78 is 14.8. The first-order valence-electron chi connectivity index (χ1n) is 10.0. The molecule has 1 amide bonds. The quantitative estimate of drug-likeness (QED) is 0.454. The second-order valence-electron chi connectivity index (χ2n) is 7.31. The van der Waals surface area contributed by atoms with Gasteiger partial charge in [-0.3, -0.25) is 4.79 Å². The second-order valence-corrected chi connectivity index (χ2v) is 7.31. The Balaban J connectivity index is 1.71. The summed E-state index contributed by atoms with van der Waals surface area (Å²) in [7, 11) is 3.42. The standard InChI is InChI=1S/C23H27FN6O/c1-17(18-7-5-4-6-8-18)27-23(26-16-22(31)29(2)3)25-15-20-13-14-30(28-20)21-11-9-19(24)10-12-21/h4-14,17H,15-16H2,1-3H3,(H2,25,26,27). The first-order chi connectivity index (χ1) is 14.9. The molecule has 0 bridgehead atoms. The van der Waals surface area contributed by atoms with Crippen molar-refractivity contribution in [3.63, 3.8) is 0 Å². The molecule has 8 heteroatoms. The third-order valence-electron chi connectivity index (χ3n) is 4.69. The highest BCUT2D eigenvalue weighted by Crippen LogP contribution is 2.12. The van der Waals surface area contributed by atoms with Crippen LogP contribution in [0.4, 0.5) is 4.39 Å². The predicted molar refractivity (Wildman–Crippen MR) is 119 cm³/mol. The maximum atomic E-state index is 13.1. The highest BCUT2D eigenvalue weighted by Gasteiger charge is 2.11. The minimum Gasteiger partial charge on any atom is -0.350 e. The van der Waals surface area contributed by atoms with Crippen LogP contribution in [0.1, 0.15) is 24.2 Å². The summed E-state index contributed by atoms with van der Waals surface area (Å²) in [6, 6.07) is 18.0. The van der Waals surface area contributed by atoms with Gasteiger partial charge in [-0.2, -0.15) is 5.10 Å². The highest BCUT2D eigenvalue weighted by atomic mass is 19.1. The summed E-state index contributed by atoms with van der Waals surface area (Å²) >= 11 is 0. The van der Waals surface area contributed by atoms with Gasteiger partial charge in [0.1, 0.15) is 5.82 Å². The van der Waals surface area contributed by atoms with Crippen molar-refractivity contribution >= 4 is 11.9 Å². The lowest BCUT2D eigenvalue weighted by Crippen LogP contribution is -2.43. The van der Waals surface area contributed by atoms with E-state index >= 15 is 0 Å². The third-order valence-corrected chi connectivity index (χ3v) is 4.69. The molecule has 3 aromatic rings. The summed E-state index contributed by atoms with van der Waals surface area (Å²) in [5, 5.41) is 10.9. The summed E-state index contributed by atoms with van der Waals surface area (Å²) in [5.41, 5.74) is 2.62. The Kier molecular flexibility index (Phi) is 7.37. The number of aromatic nitrogens is 2. The first-order valence-corrected chi connectivity index (χ1v) is 10.0. The topological polar surface area (TPSA) is 74.5 Å². The summed E-state index contributed by atoms with van der Waals surface area (Å²) in [6.07, 6.45) is 1.81. The van der Waals surface area contributed by atoms with Crippen molar-refractivity contribution in [1.82, 2.24) is 25.3 Å². The molecule has 0 aliphatic carbocycles. The monoisotopic (exact) mass is 422 g/mol. The van der Waals surface area contributed by atoms with Crippen LogP contribution in [0.25, 0.3) is 5.69 Å². The van der Waals surface area contributed by atoms with Crippen LogP contribution in [0.5, 0.6) is 0 Å². The van der Waals surface area contributed by atoms with E-state index in [2.05, 4.69) is 20.7 Å². The molecular weight excluding hydrogens is 395 g/mol. The molecule has 0 saturated carbocycles. The van der Waals surface area contributed by atoms with Crippen molar-refractivity contribution in [3.8, 4) is 5.69 Å². The molecule has 7 nitrogen and oxygen atoms in total. The van der Waals surface area contributed by atoms with E-state index in [0.717, 1.165) is 16.9 Å². The number of nitrogens with one attached hydrogen (secondary N) is 2. The fourth-order valence-electron chi connectivity index (χ4n) is 2.84. The lowest BCUT2D eigenvalue weighted by molar-refractivity contribution is -0.127. The fraction of sp³-hybridized carbons (Fsp3) is 0.261. The van der Waals surface area contributed by atoms with E-state index in [1.54, 1.807) is 37.1 Å². The number of carbonyl (C=O) groups is 1. The Labute approximate surface area is 181 Å². The SMILES string of the molecule is CC(NC(=NCc1ccn(-c2ccc(F)cc2)n1)NCC(=O)N(C)C)c1ccccc1. The van der Waals surface area contributed by atoms with Crippen LogP contribution in [0.15, 0.2) is 71.9 Å². The van der Waals surface area contributed by atoms with E-state index in [9.17, 15) is 9.18 Å². The van der Waals surface area contributed by atoms with Gasteiger partial charge >= 0.3 is 0 Å². The van der Waals surface area contributed by atoms with E-state index in [-0.39, 0.29) is 24.3 Å². The molecule has 162 valence electrons. The number of rotatable bonds is 7. The van der Waals surface area contributed by atoms with Crippen LogP contribution in [0.2, 0.25) is 0 Å². The molecule has 1 aromatic heterocycles.